The molecule has 2 aromatic carbocycles. The van der Waals surface area contributed by atoms with Gasteiger partial charge in [0, 0.05) is 22.0 Å². The molecule has 0 bridgehead atoms. The van der Waals surface area contributed by atoms with E-state index >= 15 is 0 Å². The lowest BCUT2D eigenvalue weighted by molar-refractivity contribution is -0.0434. The maximum atomic E-state index is 12.4. The van der Waals surface area contributed by atoms with Gasteiger partial charge >= 0.3 is 0 Å². The van der Waals surface area contributed by atoms with Crippen molar-refractivity contribution < 1.29 is 9.84 Å². The summed E-state index contributed by atoms with van der Waals surface area (Å²) in [5, 5.41) is 12.6. The van der Waals surface area contributed by atoms with Crippen molar-refractivity contribution in [3.63, 3.8) is 0 Å². The van der Waals surface area contributed by atoms with Gasteiger partial charge in [-0.25, -0.2) is 0 Å². The highest BCUT2D eigenvalue weighted by Crippen LogP contribution is 2.36. The molecule has 1 aliphatic rings. The van der Waals surface area contributed by atoms with E-state index in [0.717, 1.165) is 5.39 Å². The zero-order chi connectivity index (χ0) is 15.3. The van der Waals surface area contributed by atoms with Crippen LogP contribution in [-0.4, -0.2) is 16.3 Å². The first-order chi connectivity index (χ1) is 10.6. The SMILES string of the molecule is O=c1ccc2cccc3c2n1C(O)(c1ccc(Cl)cc1)CO3. The maximum absolute atomic E-state index is 12.4. The van der Waals surface area contributed by atoms with Crippen LogP contribution in [0.1, 0.15) is 5.56 Å². The predicted molar refractivity (Wildman–Crippen MR) is 84.4 cm³/mol. The minimum absolute atomic E-state index is 0.0370. The Morgan fingerprint density at radius 2 is 1.86 bits per heavy atom. The molecule has 1 N–H and O–H groups in total. The molecule has 0 aliphatic carbocycles. The molecule has 1 unspecified atom stereocenters. The van der Waals surface area contributed by atoms with Crippen molar-refractivity contribution in [2.24, 2.45) is 0 Å². The molecule has 4 rings (SSSR count). The Labute approximate surface area is 131 Å². The molecule has 4 nitrogen and oxygen atoms in total. The lowest BCUT2D eigenvalue weighted by atomic mass is 10.0. The van der Waals surface area contributed by atoms with Crippen LogP contribution in [0.5, 0.6) is 5.75 Å². The second kappa shape index (κ2) is 4.60. The van der Waals surface area contributed by atoms with Gasteiger partial charge in [0.1, 0.15) is 12.4 Å². The number of pyridine rings is 1. The van der Waals surface area contributed by atoms with E-state index in [4.69, 9.17) is 16.3 Å². The number of ether oxygens (including phenoxy) is 1. The maximum Gasteiger partial charge on any atom is 0.253 e. The summed E-state index contributed by atoms with van der Waals surface area (Å²) in [6.45, 7) is -0.0370. The highest BCUT2D eigenvalue weighted by molar-refractivity contribution is 6.30. The summed E-state index contributed by atoms with van der Waals surface area (Å²) in [7, 11) is 0. The van der Waals surface area contributed by atoms with E-state index in [-0.39, 0.29) is 12.2 Å². The second-order valence-corrected chi connectivity index (χ2v) is 5.75. The van der Waals surface area contributed by atoms with Gasteiger partial charge in [-0.05, 0) is 24.3 Å². The van der Waals surface area contributed by atoms with Crippen LogP contribution in [0.15, 0.2) is 59.4 Å². The number of rotatable bonds is 1. The molecule has 5 heteroatoms. The van der Waals surface area contributed by atoms with Crippen molar-refractivity contribution >= 4 is 22.5 Å². The minimum Gasteiger partial charge on any atom is -0.486 e. The zero-order valence-electron chi connectivity index (χ0n) is 11.5. The van der Waals surface area contributed by atoms with Gasteiger partial charge in [-0.2, -0.15) is 0 Å². The highest BCUT2D eigenvalue weighted by Gasteiger charge is 2.38. The third-order valence-corrected chi connectivity index (χ3v) is 4.24. The molecule has 0 amide bonds. The van der Waals surface area contributed by atoms with Crippen LogP contribution in [0.25, 0.3) is 10.9 Å². The molecule has 1 atom stereocenters. The van der Waals surface area contributed by atoms with Gasteiger partial charge in [-0.3, -0.25) is 9.36 Å². The first-order valence-electron chi connectivity index (χ1n) is 6.86. The lowest BCUT2D eigenvalue weighted by Crippen LogP contribution is -2.48. The molecular formula is C17H12ClNO3. The molecule has 1 aliphatic heterocycles. The van der Waals surface area contributed by atoms with E-state index in [1.165, 1.54) is 10.6 Å². The van der Waals surface area contributed by atoms with E-state index in [0.29, 0.717) is 21.9 Å². The van der Waals surface area contributed by atoms with Gasteiger partial charge in [-0.15, -0.1) is 0 Å². The summed E-state index contributed by atoms with van der Waals surface area (Å²) in [5.74, 6) is 0.592. The number of benzene rings is 2. The highest BCUT2D eigenvalue weighted by atomic mass is 35.5. The van der Waals surface area contributed by atoms with Gasteiger partial charge in [0.15, 0.2) is 0 Å². The van der Waals surface area contributed by atoms with Crippen LogP contribution in [0, 0.1) is 0 Å². The lowest BCUT2D eigenvalue weighted by Gasteiger charge is -2.36. The Kier molecular flexibility index (Phi) is 2.79. The van der Waals surface area contributed by atoms with Crippen LogP contribution >= 0.6 is 11.6 Å². The summed E-state index contributed by atoms with van der Waals surface area (Å²) in [6, 6.07) is 15.5. The van der Waals surface area contributed by atoms with Crippen molar-refractivity contribution in [2.45, 2.75) is 5.72 Å². The fourth-order valence-corrected chi connectivity index (χ4v) is 3.04. The molecule has 0 radical (unpaired) electrons. The Balaban J connectivity index is 2.08. The summed E-state index contributed by atoms with van der Waals surface area (Å²) in [4.78, 5) is 12.4. The van der Waals surface area contributed by atoms with Crippen LogP contribution < -0.4 is 10.3 Å². The standard InChI is InChI=1S/C17H12ClNO3/c18-13-7-5-12(6-8-13)17(21)10-22-14-3-1-2-11-4-9-15(20)19(17)16(11)14/h1-9,21H,10H2. The van der Waals surface area contributed by atoms with Crippen LogP contribution in [0.3, 0.4) is 0 Å². The minimum atomic E-state index is -1.56. The first kappa shape index (κ1) is 13.4. The normalized spacial score (nSPS) is 19.9. The number of halogens is 1. The first-order valence-corrected chi connectivity index (χ1v) is 7.24. The summed E-state index contributed by atoms with van der Waals surface area (Å²) < 4.78 is 7.10. The summed E-state index contributed by atoms with van der Waals surface area (Å²) in [6.07, 6.45) is 0. The summed E-state index contributed by atoms with van der Waals surface area (Å²) >= 11 is 5.91. The van der Waals surface area contributed by atoms with Gasteiger partial charge in [0.2, 0.25) is 5.72 Å². The smallest absolute Gasteiger partial charge is 0.253 e. The molecule has 1 aromatic heterocycles. The van der Waals surface area contributed by atoms with E-state index in [1.807, 2.05) is 12.1 Å². The fourth-order valence-electron chi connectivity index (χ4n) is 2.91. The Bertz CT molecular complexity index is 933. The number of nitrogens with zero attached hydrogens (tertiary/aromatic N) is 1. The fraction of sp³-hybridized carbons (Fsp3) is 0.118. The number of aliphatic hydroxyl groups is 1. The molecule has 0 saturated heterocycles. The molecule has 2 heterocycles. The van der Waals surface area contributed by atoms with Crippen LogP contribution in [-0.2, 0) is 5.72 Å². The van der Waals surface area contributed by atoms with Gasteiger partial charge in [0.05, 0.1) is 5.52 Å². The summed E-state index contributed by atoms with van der Waals surface area (Å²) in [5.41, 5.74) is -0.685. The van der Waals surface area contributed by atoms with Crippen molar-refractivity contribution in [3.05, 3.63) is 75.5 Å². The van der Waals surface area contributed by atoms with E-state index < -0.39 is 5.72 Å². The Morgan fingerprint density at radius 1 is 1.09 bits per heavy atom. The molecule has 3 aromatic rings. The molecule has 0 saturated carbocycles. The quantitative estimate of drug-likeness (QED) is 0.751. The molecule has 22 heavy (non-hydrogen) atoms. The molecule has 0 fully saturated rings. The molecule has 0 spiro atoms. The monoisotopic (exact) mass is 313 g/mol. The molecule has 110 valence electrons. The third-order valence-electron chi connectivity index (χ3n) is 3.99. The predicted octanol–water partition coefficient (Wildman–Crippen LogP) is 2.74. The molecular weight excluding hydrogens is 302 g/mol. The number of hydrogen-bond acceptors (Lipinski definition) is 3. The van der Waals surface area contributed by atoms with Gasteiger partial charge in [-0.1, -0.05) is 35.9 Å². The number of aromatic nitrogens is 1. The van der Waals surface area contributed by atoms with Gasteiger partial charge < -0.3 is 9.84 Å². The second-order valence-electron chi connectivity index (χ2n) is 5.31. The topological polar surface area (TPSA) is 51.5 Å². The Hall–Kier alpha value is -2.30. The van der Waals surface area contributed by atoms with Crippen molar-refractivity contribution in [2.75, 3.05) is 6.61 Å². The van der Waals surface area contributed by atoms with Crippen molar-refractivity contribution in [3.8, 4) is 5.75 Å². The average molecular weight is 314 g/mol. The van der Waals surface area contributed by atoms with Crippen molar-refractivity contribution in [1.82, 2.24) is 4.57 Å². The zero-order valence-corrected chi connectivity index (χ0v) is 12.2. The number of para-hydroxylation sites is 1. The largest absolute Gasteiger partial charge is 0.486 e. The van der Waals surface area contributed by atoms with Crippen LogP contribution in [0.2, 0.25) is 5.02 Å². The van der Waals surface area contributed by atoms with Crippen LogP contribution in [0.4, 0.5) is 0 Å². The van der Waals surface area contributed by atoms with E-state index in [1.54, 1.807) is 36.4 Å². The van der Waals surface area contributed by atoms with E-state index in [9.17, 15) is 9.90 Å². The third kappa shape index (κ3) is 1.78. The number of hydrogen-bond donors (Lipinski definition) is 1. The van der Waals surface area contributed by atoms with E-state index in [2.05, 4.69) is 0 Å². The Morgan fingerprint density at radius 3 is 2.64 bits per heavy atom. The average Bonchev–Trinajstić information content (AvgIpc) is 2.53. The van der Waals surface area contributed by atoms with Crippen molar-refractivity contribution in [1.29, 1.82) is 0 Å². The van der Waals surface area contributed by atoms with Gasteiger partial charge in [0.25, 0.3) is 5.56 Å².